The molecule has 0 aliphatic heterocycles. The van der Waals surface area contributed by atoms with Gasteiger partial charge in [0.1, 0.15) is 5.75 Å². The van der Waals surface area contributed by atoms with Crippen LogP contribution in [0.5, 0.6) is 17.2 Å². The Labute approximate surface area is 119 Å². The van der Waals surface area contributed by atoms with Crippen molar-refractivity contribution < 1.29 is 19.8 Å². The smallest absolute Gasteiger partial charge is 0.258 e. The number of phenols is 3. The Bertz CT molecular complexity index is 745. The van der Waals surface area contributed by atoms with Gasteiger partial charge in [-0.05, 0) is 48.9 Å². The van der Waals surface area contributed by atoms with Crippen molar-refractivity contribution in [3.63, 3.8) is 0 Å². The summed E-state index contributed by atoms with van der Waals surface area (Å²) in [6.07, 6.45) is 0. The Morgan fingerprint density at radius 3 is 2.29 bits per heavy atom. The molecule has 3 N–H and O–H groups in total. The summed E-state index contributed by atoms with van der Waals surface area (Å²) in [5.74, 6) is 0.338. The maximum atomic E-state index is 9.51. The summed E-state index contributed by atoms with van der Waals surface area (Å²) in [5.41, 5.74) is 1.91. The van der Waals surface area contributed by atoms with E-state index in [0.717, 1.165) is 0 Å². The summed E-state index contributed by atoms with van der Waals surface area (Å²) >= 11 is 0. The summed E-state index contributed by atoms with van der Waals surface area (Å²) < 4.78 is 5.18. The maximum Gasteiger partial charge on any atom is 0.258 e. The number of aryl methyl sites for hydroxylation is 1. The first kappa shape index (κ1) is 13.0. The van der Waals surface area contributed by atoms with Gasteiger partial charge in [0.25, 0.3) is 5.89 Å². The molecule has 0 bridgehead atoms. The third-order valence-electron chi connectivity index (χ3n) is 3.10. The largest absolute Gasteiger partial charge is 0.508 e. The zero-order valence-electron chi connectivity index (χ0n) is 11.1. The Morgan fingerprint density at radius 2 is 1.57 bits per heavy atom. The van der Waals surface area contributed by atoms with E-state index < -0.39 is 0 Å². The summed E-state index contributed by atoms with van der Waals surface area (Å²) in [4.78, 5) is 4.24. The van der Waals surface area contributed by atoms with E-state index in [4.69, 9.17) is 4.52 Å². The number of hydrogen-bond donors (Lipinski definition) is 3. The molecule has 3 rings (SSSR count). The fourth-order valence-corrected chi connectivity index (χ4v) is 1.91. The summed E-state index contributed by atoms with van der Waals surface area (Å²) in [6.45, 7) is 1.77. The van der Waals surface area contributed by atoms with Gasteiger partial charge in [-0.2, -0.15) is 4.98 Å². The van der Waals surface area contributed by atoms with Crippen LogP contribution in [0.3, 0.4) is 0 Å². The van der Waals surface area contributed by atoms with Crippen LogP contribution in [0.25, 0.3) is 22.8 Å². The molecule has 0 unspecified atom stereocenters. The number of rotatable bonds is 2. The van der Waals surface area contributed by atoms with Crippen molar-refractivity contribution in [2.75, 3.05) is 0 Å². The lowest BCUT2D eigenvalue weighted by molar-refractivity contribution is 0.404. The van der Waals surface area contributed by atoms with E-state index in [9.17, 15) is 15.3 Å². The molecule has 6 heteroatoms. The summed E-state index contributed by atoms with van der Waals surface area (Å²) in [7, 11) is 0. The predicted molar refractivity (Wildman–Crippen MR) is 74.9 cm³/mol. The second-order valence-corrected chi connectivity index (χ2v) is 4.63. The number of aromatic hydroxyl groups is 3. The average Bonchev–Trinajstić information content (AvgIpc) is 2.94. The van der Waals surface area contributed by atoms with E-state index in [2.05, 4.69) is 10.1 Å². The highest BCUT2D eigenvalue weighted by atomic mass is 16.5. The van der Waals surface area contributed by atoms with Crippen LogP contribution in [-0.2, 0) is 0 Å². The van der Waals surface area contributed by atoms with Gasteiger partial charge in [-0.15, -0.1) is 0 Å². The predicted octanol–water partition coefficient (Wildman–Crippen LogP) is 2.83. The number of hydrogen-bond acceptors (Lipinski definition) is 6. The Kier molecular flexibility index (Phi) is 2.98. The van der Waals surface area contributed by atoms with Gasteiger partial charge >= 0.3 is 0 Å². The topological polar surface area (TPSA) is 99.6 Å². The molecule has 0 spiro atoms. The van der Waals surface area contributed by atoms with Crippen LogP contribution in [0.4, 0.5) is 0 Å². The van der Waals surface area contributed by atoms with Gasteiger partial charge in [-0.3, -0.25) is 0 Å². The molecule has 0 aliphatic carbocycles. The quantitative estimate of drug-likeness (QED) is 0.626. The molecule has 0 saturated heterocycles. The number of benzene rings is 2. The Morgan fingerprint density at radius 1 is 0.857 bits per heavy atom. The second kappa shape index (κ2) is 4.82. The third kappa shape index (κ3) is 2.38. The van der Waals surface area contributed by atoms with Crippen LogP contribution < -0.4 is 0 Å². The molecule has 1 heterocycles. The lowest BCUT2D eigenvalue weighted by Crippen LogP contribution is -1.83. The summed E-state index contributed by atoms with van der Waals surface area (Å²) in [5, 5.41) is 32.1. The van der Waals surface area contributed by atoms with E-state index in [0.29, 0.717) is 28.4 Å². The van der Waals surface area contributed by atoms with Crippen molar-refractivity contribution in [2.24, 2.45) is 0 Å². The highest BCUT2D eigenvalue weighted by molar-refractivity contribution is 5.63. The van der Waals surface area contributed by atoms with Gasteiger partial charge in [0.2, 0.25) is 5.82 Å². The van der Waals surface area contributed by atoms with E-state index in [1.54, 1.807) is 31.2 Å². The van der Waals surface area contributed by atoms with Gasteiger partial charge in [0.15, 0.2) is 11.5 Å². The normalized spacial score (nSPS) is 10.7. The van der Waals surface area contributed by atoms with Gasteiger partial charge in [0, 0.05) is 11.1 Å². The van der Waals surface area contributed by atoms with Gasteiger partial charge in [0.05, 0.1) is 0 Å². The fraction of sp³-hybridized carbons (Fsp3) is 0.0667. The first-order valence-corrected chi connectivity index (χ1v) is 6.20. The van der Waals surface area contributed by atoms with E-state index in [1.165, 1.54) is 12.1 Å². The summed E-state index contributed by atoms with van der Waals surface area (Å²) in [6, 6.07) is 9.25. The molecule has 6 nitrogen and oxygen atoms in total. The zero-order chi connectivity index (χ0) is 15.0. The van der Waals surface area contributed by atoms with Crippen molar-refractivity contribution in [2.45, 2.75) is 6.92 Å². The minimum Gasteiger partial charge on any atom is -0.508 e. The maximum absolute atomic E-state index is 9.51. The van der Waals surface area contributed by atoms with Crippen LogP contribution in [-0.4, -0.2) is 25.5 Å². The first-order chi connectivity index (χ1) is 10.0. The highest BCUT2D eigenvalue weighted by Crippen LogP contribution is 2.31. The van der Waals surface area contributed by atoms with Crippen LogP contribution in [0.2, 0.25) is 0 Å². The molecular weight excluding hydrogens is 272 g/mol. The van der Waals surface area contributed by atoms with Crippen molar-refractivity contribution >= 4 is 0 Å². The molecule has 3 aromatic rings. The van der Waals surface area contributed by atoms with Crippen LogP contribution in [0, 0.1) is 6.92 Å². The van der Waals surface area contributed by atoms with E-state index >= 15 is 0 Å². The van der Waals surface area contributed by atoms with Gasteiger partial charge in [-0.25, -0.2) is 0 Å². The molecule has 0 radical (unpaired) electrons. The SMILES string of the molecule is Cc1cc(-c2nc(-c3ccc(O)c(O)c3)no2)ccc1O. The van der Waals surface area contributed by atoms with E-state index in [1.807, 2.05) is 0 Å². The molecule has 2 aromatic carbocycles. The monoisotopic (exact) mass is 284 g/mol. The fourth-order valence-electron chi connectivity index (χ4n) is 1.91. The molecule has 0 fully saturated rings. The standard InChI is InChI=1S/C15H12N2O4/c1-8-6-10(3-4-11(8)18)15-16-14(17-21-15)9-2-5-12(19)13(20)7-9/h2-7,18-20H,1H3. The van der Waals surface area contributed by atoms with Crippen molar-refractivity contribution in [3.8, 4) is 40.1 Å². The highest BCUT2D eigenvalue weighted by Gasteiger charge is 2.13. The lowest BCUT2D eigenvalue weighted by Gasteiger charge is -1.99. The van der Waals surface area contributed by atoms with Crippen LogP contribution in [0.1, 0.15) is 5.56 Å². The Balaban J connectivity index is 1.99. The number of phenolic OH excluding ortho intramolecular Hbond substituents is 3. The molecule has 0 aliphatic rings. The van der Waals surface area contributed by atoms with Gasteiger partial charge in [-0.1, -0.05) is 5.16 Å². The van der Waals surface area contributed by atoms with Gasteiger partial charge < -0.3 is 19.8 Å². The Hall–Kier alpha value is -3.02. The first-order valence-electron chi connectivity index (χ1n) is 6.20. The van der Waals surface area contributed by atoms with Crippen LogP contribution >= 0.6 is 0 Å². The molecule has 0 atom stereocenters. The van der Waals surface area contributed by atoms with Crippen molar-refractivity contribution in [1.82, 2.24) is 10.1 Å². The number of nitrogens with zero attached hydrogens (tertiary/aromatic N) is 2. The third-order valence-corrected chi connectivity index (χ3v) is 3.10. The van der Waals surface area contributed by atoms with E-state index in [-0.39, 0.29) is 17.2 Å². The minimum absolute atomic E-state index is 0.196. The lowest BCUT2D eigenvalue weighted by atomic mass is 10.1. The molecule has 21 heavy (non-hydrogen) atoms. The average molecular weight is 284 g/mol. The molecule has 106 valence electrons. The molecular formula is C15H12N2O4. The zero-order valence-corrected chi connectivity index (χ0v) is 11.1. The molecule has 1 aromatic heterocycles. The van der Waals surface area contributed by atoms with Crippen LogP contribution in [0.15, 0.2) is 40.9 Å². The van der Waals surface area contributed by atoms with Crippen molar-refractivity contribution in [3.05, 3.63) is 42.0 Å². The molecule has 0 amide bonds. The number of aromatic nitrogens is 2. The van der Waals surface area contributed by atoms with Crippen molar-refractivity contribution in [1.29, 1.82) is 0 Å². The second-order valence-electron chi connectivity index (χ2n) is 4.63. The molecule has 0 saturated carbocycles. The minimum atomic E-state index is -0.251.